The third-order valence-electron chi connectivity index (χ3n) is 3.12. The van der Waals surface area contributed by atoms with E-state index < -0.39 is 0 Å². The molecule has 1 aliphatic heterocycles. The van der Waals surface area contributed by atoms with Crippen LogP contribution in [0.2, 0.25) is 0 Å². The fourth-order valence-corrected chi connectivity index (χ4v) is 2.52. The number of carbonyl (C=O) groups excluding carboxylic acids is 1. The van der Waals surface area contributed by atoms with E-state index in [2.05, 4.69) is 6.92 Å². The number of Topliss-reactive ketones (excluding diaryl/α,β-unsaturated/α-hetero) is 1. The van der Waals surface area contributed by atoms with Crippen LogP contribution in [0.1, 0.15) is 39.0 Å². The summed E-state index contributed by atoms with van der Waals surface area (Å²) in [6.07, 6.45) is 4.74. The Kier molecular flexibility index (Phi) is 1.95. The lowest BCUT2D eigenvalue weighted by Gasteiger charge is -2.32. The number of carbonyl (C=O) groups is 1. The first-order valence-corrected chi connectivity index (χ1v) is 4.86. The zero-order valence-electron chi connectivity index (χ0n) is 7.64. The molecule has 2 heteroatoms. The van der Waals surface area contributed by atoms with E-state index in [9.17, 15) is 4.79 Å². The van der Waals surface area contributed by atoms with Crippen LogP contribution in [0.3, 0.4) is 0 Å². The van der Waals surface area contributed by atoms with Crippen LogP contribution in [0.15, 0.2) is 0 Å². The largest absolute Gasteiger partial charge is 0.374 e. The molecule has 0 aromatic rings. The molecule has 0 aromatic heterocycles. The van der Waals surface area contributed by atoms with Crippen molar-refractivity contribution in [3.8, 4) is 0 Å². The first-order valence-electron chi connectivity index (χ1n) is 4.86. The standard InChI is InChI=1S/C10H16O2/c1-8-2-4-10(6-8)7-9(11)3-5-12-10/h8H,2-7H2,1H3. The Morgan fingerprint density at radius 2 is 2.42 bits per heavy atom. The van der Waals surface area contributed by atoms with Crippen LogP contribution in [0, 0.1) is 5.92 Å². The third-order valence-corrected chi connectivity index (χ3v) is 3.12. The fraction of sp³-hybridized carbons (Fsp3) is 0.900. The van der Waals surface area contributed by atoms with Crippen molar-refractivity contribution in [2.75, 3.05) is 6.61 Å². The summed E-state index contributed by atoms with van der Waals surface area (Å²) < 4.78 is 5.75. The zero-order valence-corrected chi connectivity index (χ0v) is 7.64. The van der Waals surface area contributed by atoms with Crippen LogP contribution in [0.25, 0.3) is 0 Å². The Hall–Kier alpha value is -0.370. The molecule has 1 saturated heterocycles. The molecular formula is C10H16O2. The zero-order chi connectivity index (χ0) is 8.60. The van der Waals surface area contributed by atoms with Gasteiger partial charge in [-0.25, -0.2) is 0 Å². The number of ketones is 1. The highest BCUT2D eigenvalue weighted by Gasteiger charge is 2.41. The van der Waals surface area contributed by atoms with Gasteiger partial charge in [-0.3, -0.25) is 4.79 Å². The maximum Gasteiger partial charge on any atom is 0.138 e. The Balaban J connectivity index is 2.05. The van der Waals surface area contributed by atoms with Gasteiger partial charge in [0.05, 0.1) is 12.2 Å². The summed E-state index contributed by atoms with van der Waals surface area (Å²) in [5.41, 5.74) is -0.0330. The number of hydrogen-bond acceptors (Lipinski definition) is 2. The van der Waals surface area contributed by atoms with Crippen molar-refractivity contribution >= 4 is 5.78 Å². The lowest BCUT2D eigenvalue weighted by atomic mass is 9.90. The van der Waals surface area contributed by atoms with E-state index in [0.29, 0.717) is 25.2 Å². The molecule has 2 aliphatic rings. The molecule has 2 atom stereocenters. The molecule has 1 saturated carbocycles. The van der Waals surface area contributed by atoms with E-state index in [1.54, 1.807) is 0 Å². The molecular weight excluding hydrogens is 152 g/mol. The Bertz CT molecular complexity index is 196. The monoisotopic (exact) mass is 168 g/mol. The summed E-state index contributed by atoms with van der Waals surface area (Å²) in [5.74, 6) is 1.14. The maximum atomic E-state index is 11.3. The molecule has 0 radical (unpaired) electrons. The third kappa shape index (κ3) is 1.40. The molecule has 2 rings (SSSR count). The second-order valence-electron chi connectivity index (χ2n) is 4.34. The Labute approximate surface area is 73.3 Å². The molecule has 2 nitrogen and oxygen atoms in total. The number of rotatable bonds is 0. The van der Waals surface area contributed by atoms with Gasteiger partial charge in [-0.05, 0) is 25.2 Å². The lowest BCUT2D eigenvalue weighted by Crippen LogP contribution is -2.37. The van der Waals surface area contributed by atoms with Crippen molar-refractivity contribution in [3.63, 3.8) is 0 Å². The Morgan fingerprint density at radius 1 is 1.58 bits per heavy atom. The highest BCUT2D eigenvalue weighted by atomic mass is 16.5. The van der Waals surface area contributed by atoms with Gasteiger partial charge >= 0.3 is 0 Å². The minimum Gasteiger partial charge on any atom is -0.374 e. The lowest BCUT2D eigenvalue weighted by molar-refractivity contribution is -0.139. The topological polar surface area (TPSA) is 26.3 Å². The molecule has 12 heavy (non-hydrogen) atoms. The van der Waals surface area contributed by atoms with E-state index in [1.165, 1.54) is 6.42 Å². The molecule has 1 heterocycles. The molecule has 0 bridgehead atoms. The van der Waals surface area contributed by atoms with Gasteiger partial charge in [-0.15, -0.1) is 0 Å². The first kappa shape index (κ1) is 8.24. The SMILES string of the molecule is CC1CCC2(CC(=O)CCO2)C1. The van der Waals surface area contributed by atoms with Gasteiger partial charge in [0.15, 0.2) is 0 Å². The van der Waals surface area contributed by atoms with E-state index in [1.807, 2.05) is 0 Å². The van der Waals surface area contributed by atoms with Crippen molar-refractivity contribution in [1.82, 2.24) is 0 Å². The summed E-state index contributed by atoms with van der Waals surface area (Å²) in [7, 11) is 0. The normalized spacial score (nSPS) is 42.4. The molecule has 68 valence electrons. The van der Waals surface area contributed by atoms with E-state index in [4.69, 9.17) is 4.74 Å². The van der Waals surface area contributed by atoms with Crippen LogP contribution in [-0.4, -0.2) is 18.0 Å². The summed E-state index contributed by atoms with van der Waals surface area (Å²) >= 11 is 0. The number of hydrogen-bond donors (Lipinski definition) is 0. The van der Waals surface area contributed by atoms with Gasteiger partial charge in [0.1, 0.15) is 5.78 Å². The summed E-state index contributed by atoms with van der Waals surface area (Å²) in [6, 6.07) is 0. The van der Waals surface area contributed by atoms with Crippen LogP contribution in [0.4, 0.5) is 0 Å². The van der Waals surface area contributed by atoms with Crippen molar-refractivity contribution in [3.05, 3.63) is 0 Å². The van der Waals surface area contributed by atoms with Gasteiger partial charge in [-0.1, -0.05) is 6.92 Å². The molecule has 1 aliphatic carbocycles. The van der Waals surface area contributed by atoms with E-state index in [0.717, 1.165) is 18.8 Å². The fourth-order valence-electron chi connectivity index (χ4n) is 2.52. The molecule has 1 spiro atoms. The minimum atomic E-state index is -0.0330. The van der Waals surface area contributed by atoms with Gasteiger partial charge in [0.2, 0.25) is 0 Å². The molecule has 0 amide bonds. The van der Waals surface area contributed by atoms with Crippen molar-refractivity contribution in [2.24, 2.45) is 5.92 Å². The molecule has 2 fully saturated rings. The minimum absolute atomic E-state index is 0.0330. The Morgan fingerprint density at radius 3 is 3.00 bits per heavy atom. The molecule has 0 N–H and O–H groups in total. The van der Waals surface area contributed by atoms with Gasteiger partial charge in [0, 0.05) is 12.8 Å². The second-order valence-corrected chi connectivity index (χ2v) is 4.34. The average Bonchev–Trinajstić information content (AvgIpc) is 2.32. The molecule has 2 unspecified atom stereocenters. The second kappa shape index (κ2) is 2.84. The van der Waals surface area contributed by atoms with Gasteiger partial charge < -0.3 is 4.74 Å². The summed E-state index contributed by atoms with van der Waals surface area (Å²) in [6.45, 7) is 2.91. The van der Waals surface area contributed by atoms with Crippen molar-refractivity contribution in [2.45, 2.75) is 44.6 Å². The highest BCUT2D eigenvalue weighted by molar-refractivity contribution is 5.80. The van der Waals surface area contributed by atoms with Crippen LogP contribution < -0.4 is 0 Å². The highest BCUT2D eigenvalue weighted by Crippen LogP contribution is 2.41. The van der Waals surface area contributed by atoms with Gasteiger partial charge in [-0.2, -0.15) is 0 Å². The predicted octanol–water partition coefficient (Wildman–Crippen LogP) is 1.92. The van der Waals surface area contributed by atoms with E-state index >= 15 is 0 Å². The summed E-state index contributed by atoms with van der Waals surface area (Å²) in [5, 5.41) is 0. The predicted molar refractivity (Wildman–Crippen MR) is 45.9 cm³/mol. The smallest absolute Gasteiger partial charge is 0.138 e. The maximum absolute atomic E-state index is 11.3. The first-order chi connectivity index (χ1) is 5.70. The molecule has 0 aromatic carbocycles. The van der Waals surface area contributed by atoms with Crippen LogP contribution in [-0.2, 0) is 9.53 Å². The van der Waals surface area contributed by atoms with Crippen molar-refractivity contribution in [1.29, 1.82) is 0 Å². The average molecular weight is 168 g/mol. The van der Waals surface area contributed by atoms with E-state index in [-0.39, 0.29) is 5.60 Å². The van der Waals surface area contributed by atoms with Crippen LogP contribution >= 0.6 is 0 Å². The summed E-state index contributed by atoms with van der Waals surface area (Å²) in [4.78, 5) is 11.3. The quantitative estimate of drug-likeness (QED) is 0.552. The number of ether oxygens (including phenoxy) is 1. The van der Waals surface area contributed by atoms with Crippen molar-refractivity contribution < 1.29 is 9.53 Å². The van der Waals surface area contributed by atoms with Gasteiger partial charge in [0.25, 0.3) is 0 Å². The van der Waals surface area contributed by atoms with Crippen LogP contribution in [0.5, 0.6) is 0 Å².